The Balaban J connectivity index is 1.31. The van der Waals surface area contributed by atoms with E-state index < -0.39 is 10.8 Å². The van der Waals surface area contributed by atoms with Crippen LogP contribution in [0.15, 0.2) is 52.9 Å². The summed E-state index contributed by atoms with van der Waals surface area (Å²) in [6.45, 7) is 11.9. The highest BCUT2D eigenvalue weighted by Gasteiger charge is 2.29. The summed E-state index contributed by atoms with van der Waals surface area (Å²) in [7, 11) is -0.941. The first kappa shape index (κ1) is 26.1. The summed E-state index contributed by atoms with van der Waals surface area (Å²) in [5.41, 5.74) is 5.73. The molecule has 1 unspecified atom stereocenters. The Hall–Kier alpha value is -1.95. The molecule has 0 saturated carbocycles. The largest absolute Gasteiger partial charge is 0.339 e. The average molecular weight is 513 g/mol. The molecule has 2 fully saturated rings. The molecule has 188 valence electrons. The standard InChI is InChI=1S/C29H37ClN2O2S/c1-20(2)35(34)26-10-8-23(9-11-26)21(3)24-12-16-31(17-13-24)25-14-18-32(19-15-25)29(33)27-6-5-7-28(30)22(27)4/h5-11,20,25H,12-19H2,1-4H3. The third-order valence-electron chi connectivity index (χ3n) is 7.65. The molecule has 2 aromatic rings. The molecule has 0 aromatic heterocycles. The number of amides is 1. The second-order valence-electron chi connectivity index (χ2n) is 10.1. The molecule has 0 aliphatic carbocycles. The van der Waals surface area contributed by atoms with Gasteiger partial charge in [0.25, 0.3) is 5.91 Å². The number of piperidine rings is 2. The first-order valence-electron chi connectivity index (χ1n) is 12.7. The molecule has 2 aliphatic rings. The normalized spacial score (nSPS) is 18.7. The fourth-order valence-corrected chi connectivity index (χ4v) is 6.42. The van der Waals surface area contributed by atoms with Crippen molar-refractivity contribution in [2.75, 3.05) is 26.2 Å². The van der Waals surface area contributed by atoms with E-state index in [0.29, 0.717) is 11.1 Å². The first-order chi connectivity index (χ1) is 16.8. The van der Waals surface area contributed by atoms with Crippen LogP contribution in [0.5, 0.6) is 0 Å². The summed E-state index contributed by atoms with van der Waals surface area (Å²) in [5, 5.41) is 0.787. The first-order valence-corrected chi connectivity index (χ1v) is 14.3. The van der Waals surface area contributed by atoms with Crippen LogP contribution in [-0.4, -0.2) is 57.4 Å². The number of halogens is 1. The highest BCUT2D eigenvalue weighted by atomic mass is 35.5. The fourth-order valence-electron chi connectivity index (χ4n) is 5.29. The number of likely N-dealkylation sites (tertiary alicyclic amines) is 2. The Morgan fingerprint density at radius 2 is 1.63 bits per heavy atom. The van der Waals surface area contributed by atoms with E-state index in [1.807, 2.05) is 56.0 Å². The van der Waals surface area contributed by atoms with Crippen molar-refractivity contribution in [2.24, 2.45) is 0 Å². The van der Waals surface area contributed by atoms with Gasteiger partial charge in [0.15, 0.2) is 0 Å². The summed E-state index contributed by atoms with van der Waals surface area (Å²) in [5.74, 6) is 0.103. The molecule has 4 nitrogen and oxygen atoms in total. The molecular formula is C29H37ClN2O2S. The molecule has 6 heteroatoms. The van der Waals surface area contributed by atoms with Gasteiger partial charge < -0.3 is 4.90 Å². The van der Waals surface area contributed by atoms with Gasteiger partial charge >= 0.3 is 0 Å². The molecule has 2 aliphatic heterocycles. The van der Waals surface area contributed by atoms with Crippen molar-refractivity contribution < 1.29 is 9.00 Å². The van der Waals surface area contributed by atoms with Gasteiger partial charge in [0.1, 0.15) is 0 Å². The molecule has 2 aromatic carbocycles. The topological polar surface area (TPSA) is 40.6 Å². The van der Waals surface area contributed by atoms with Crippen molar-refractivity contribution in [1.29, 1.82) is 0 Å². The average Bonchev–Trinajstić information content (AvgIpc) is 2.89. The third kappa shape index (κ3) is 5.90. The van der Waals surface area contributed by atoms with E-state index in [1.165, 1.54) is 16.7 Å². The summed E-state index contributed by atoms with van der Waals surface area (Å²) in [4.78, 5) is 18.6. The van der Waals surface area contributed by atoms with E-state index in [9.17, 15) is 9.00 Å². The minimum Gasteiger partial charge on any atom is -0.339 e. The van der Waals surface area contributed by atoms with Crippen molar-refractivity contribution in [2.45, 2.75) is 69.6 Å². The number of carbonyl (C=O) groups excluding carboxylic acids is 1. The van der Waals surface area contributed by atoms with Crippen molar-refractivity contribution in [3.05, 3.63) is 69.8 Å². The van der Waals surface area contributed by atoms with Crippen molar-refractivity contribution in [1.82, 2.24) is 9.80 Å². The monoisotopic (exact) mass is 512 g/mol. The second kappa shape index (κ2) is 11.4. The minimum absolute atomic E-state index is 0.103. The lowest BCUT2D eigenvalue weighted by Gasteiger charge is -2.41. The maximum atomic E-state index is 13.0. The van der Waals surface area contributed by atoms with Gasteiger partial charge in [-0.05, 0) is 80.5 Å². The van der Waals surface area contributed by atoms with Gasteiger partial charge in [-0.15, -0.1) is 0 Å². The zero-order valence-corrected chi connectivity index (χ0v) is 22.9. The number of hydrogen-bond donors (Lipinski definition) is 0. The van der Waals surface area contributed by atoms with Crippen LogP contribution in [0.2, 0.25) is 5.02 Å². The molecule has 0 spiro atoms. The summed E-state index contributed by atoms with van der Waals surface area (Å²) in [6, 6.07) is 14.4. The van der Waals surface area contributed by atoms with Crippen LogP contribution in [0, 0.1) is 6.92 Å². The van der Waals surface area contributed by atoms with E-state index in [2.05, 4.69) is 24.0 Å². The summed E-state index contributed by atoms with van der Waals surface area (Å²) < 4.78 is 12.3. The fraction of sp³-hybridized carbons (Fsp3) is 0.483. The smallest absolute Gasteiger partial charge is 0.254 e. The molecule has 2 saturated heterocycles. The lowest BCUT2D eigenvalue weighted by molar-refractivity contribution is 0.0607. The number of allylic oxidation sites excluding steroid dienone is 1. The van der Waals surface area contributed by atoms with Crippen LogP contribution in [0.1, 0.15) is 67.9 Å². The van der Waals surface area contributed by atoms with Gasteiger partial charge in [0.05, 0.1) is 10.8 Å². The quantitative estimate of drug-likeness (QED) is 0.469. The summed E-state index contributed by atoms with van der Waals surface area (Å²) >= 11 is 6.23. The Morgan fingerprint density at radius 3 is 2.23 bits per heavy atom. The van der Waals surface area contributed by atoms with Gasteiger partial charge in [-0.25, -0.2) is 0 Å². The van der Waals surface area contributed by atoms with Gasteiger partial charge in [0, 0.05) is 53.0 Å². The second-order valence-corrected chi connectivity index (χ2v) is 12.5. The van der Waals surface area contributed by atoms with Gasteiger partial charge in [-0.3, -0.25) is 13.9 Å². The van der Waals surface area contributed by atoms with Gasteiger partial charge in [-0.1, -0.05) is 49.2 Å². The van der Waals surface area contributed by atoms with Crippen LogP contribution < -0.4 is 0 Å². The van der Waals surface area contributed by atoms with Crippen LogP contribution in [0.4, 0.5) is 0 Å². The highest BCUT2D eigenvalue weighted by Crippen LogP contribution is 2.30. The lowest BCUT2D eigenvalue weighted by atomic mass is 9.92. The predicted molar refractivity (Wildman–Crippen MR) is 147 cm³/mol. The number of benzene rings is 2. The van der Waals surface area contributed by atoms with Crippen LogP contribution >= 0.6 is 11.6 Å². The maximum absolute atomic E-state index is 13.0. The highest BCUT2D eigenvalue weighted by molar-refractivity contribution is 7.85. The minimum atomic E-state index is -0.941. The summed E-state index contributed by atoms with van der Waals surface area (Å²) in [6.07, 6.45) is 4.23. The van der Waals surface area contributed by atoms with Crippen molar-refractivity contribution in [3.63, 3.8) is 0 Å². The Kier molecular flexibility index (Phi) is 8.51. The molecule has 35 heavy (non-hydrogen) atoms. The van der Waals surface area contributed by atoms with Crippen molar-refractivity contribution >= 4 is 33.9 Å². The number of carbonyl (C=O) groups is 1. The Bertz CT molecular complexity index is 1110. The van der Waals surface area contributed by atoms with E-state index in [1.54, 1.807) is 0 Å². The number of nitrogens with zero attached hydrogens (tertiary/aromatic N) is 2. The molecule has 0 N–H and O–H groups in total. The Labute approximate surface area is 217 Å². The van der Waals surface area contributed by atoms with Gasteiger partial charge in [0.2, 0.25) is 0 Å². The van der Waals surface area contributed by atoms with E-state index in [-0.39, 0.29) is 11.2 Å². The zero-order chi connectivity index (χ0) is 25.1. The van der Waals surface area contributed by atoms with Crippen LogP contribution in [0.3, 0.4) is 0 Å². The van der Waals surface area contributed by atoms with Crippen molar-refractivity contribution in [3.8, 4) is 0 Å². The molecule has 2 heterocycles. The van der Waals surface area contributed by atoms with E-state index in [0.717, 1.165) is 67.9 Å². The SMILES string of the molecule is CC(=C1CCN(C2CCN(C(=O)c3cccc(Cl)c3C)CC2)CC1)c1ccc(S(=O)C(C)C)cc1. The van der Waals surface area contributed by atoms with Crippen LogP contribution in [0.25, 0.3) is 5.57 Å². The molecule has 0 radical (unpaired) electrons. The predicted octanol–water partition coefficient (Wildman–Crippen LogP) is 6.34. The maximum Gasteiger partial charge on any atom is 0.254 e. The third-order valence-corrected chi connectivity index (χ3v) is 9.65. The molecule has 1 amide bonds. The zero-order valence-electron chi connectivity index (χ0n) is 21.4. The molecule has 1 atom stereocenters. The number of hydrogen-bond acceptors (Lipinski definition) is 3. The lowest BCUT2D eigenvalue weighted by Crippen LogP contribution is -2.48. The number of rotatable bonds is 5. The Morgan fingerprint density at radius 1 is 1.00 bits per heavy atom. The van der Waals surface area contributed by atoms with E-state index >= 15 is 0 Å². The van der Waals surface area contributed by atoms with Crippen LogP contribution in [-0.2, 0) is 10.8 Å². The molecule has 4 rings (SSSR count). The van der Waals surface area contributed by atoms with E-state index in [4.69, 9.17) is 11.6 Å². The molecular weight excluding hydrogens is 476 g/mol. The molecule has 0 bridgehead atoms. The van der Waals surface area contributed by atoms with Gasteiger partial charge in [-0.2, -0.15) is 0 Å².